The highest BCUT2D eigenvalue weighted by molar-refractivity contribution is 6.31. The van der Waals surface area contributed by atoms with E-state index in [1.807, 2.05) is 61.6 Å². The van der Waals surface area contributed by atoms with Gasteiger partial charge in [0, 0.05) is 42.8 Å². The highest BCUT2D eigenvalue weighted by atomic mass is 35.5. The molecule has 0 radical (unpaired) electrons. The maximum absolute atomic E-state index is 13.2. The second-order valence-corrected chi connectivity index (χ2v) is 9.47. The van der Waals surface area contributed by atoms with Gasteiger partial charge in [-0.25, -0.2) is 0 Å². The van der Waals surface area contributed by atoms with E-state index in [0.29, 0.717) is 41.6 Å². The minimum absolute atomic E-state index is 0.00282. The lowest BCUT2D eigenvalue weighted by Gasteiger charge is -2.21. The van der Waals surface area contributed by atoms with Gasteiger partial charge in [0.25, 0.3) is 0 Å². The van der Waals surface area contributed by atoms with Crippen LogP contribution in [-0.4, -0.2) is 48.7 Å². The van der Waals surface area contributed by atoms with Crippen LogP contribution < -0.4 is 15.5 Å². The maximum atomic E-state index is 13.2. The first kappa shape index (κ1) is 27.0. The Hall–Kier alpha value is -4.01. The van der Waals surface area contributed by atoms with Gasteiger partial charge >= 0.3 is 5.97 Å². The third kappa shape index (κ3) is 6.27. The molecule has 1 unspecified atom stereocenters. The Balaban J connectivity index is 1.76. The smallest absolute Gasteiger partial charge is 0.303 e. The van der Waals surface area contributed by atoms with E-state index in [0.717, 1.165) is 22.4 Å². The molecule has 0 spiro atoms. The number of hydrogen-bond acceptors (Lipinski definition) is 5. The quantitative estimate of drug-likeness (QED) is 0.325. The molecule has 1 aliphatic rings. The van der Waals surface area contributed by atoms with Crippen molar-refractivity contribution in [3.63, 3.8) is 0 Å². The lowest BCUT2D eigenvalue weighted by molar-refractivity contribution is -0.137. The van der Waals surface area contributed by atoms with E-state index in [4.69, 9.17) is 21.7 Å². The van der Waals surface area contributed by atoms with E-state index in [2.05, 4.69) is 10.6 Å². The lowest BCUT2D eigenvalue weighted by Crippen LogP contribution is -2.34. The molecule has 2 amide bonds. The van der Waals surface area contributed by atoms with Crippen molar-refractivity contribution in [1.29, 1.82) is 0 Å². The van der Waals surface area contributed by atoms with Crippen molar-refractivity contribution in [3.8, 4) is 0 Å². The SMILES string of the molecule is CNCCN(C(C)=O)c1ccc(N=C(c2cccc(CCC(=O)O)c2)C2C(=O)Nc3cc(Cl)ccc32)cc1. The molecule has 9 heteroatoms. The highest BCUT2D eigenvalue weighted by Crippen LogP contribution is 2.38. The van der Waals surface area contributed by atoms with Crippen molar-refractivity contribution in [2.24, 2.45) is 4.99 Å². The summed E-state index contributed by atoms with van der Waals surface area (Å²) in [5, 5.41) is 15.6. The molecular weight excluding hydrogens is 504 g/mol. The fourth-order valence-electron chi connectivity index (χ4n) is 4.48. The summed E-state index contributed by atoms with van der Waals surface area (Å²) < 4.78 is 0. The molecule has 3 aromatic carbocycles. The molecule has 8 nitrogen and oxygen atoms in total. The van der Waals surface area contributed by atoms with Crippen molar-refractivity contribution in [2.45, 2.75) is 25.7 Å². The molecule has 0 aromatic heterocycles. The van der Waals surface area contributed by atoms with E-state index in [1.165, 1.54) is 6.92 Å². The fraction of sp³-hybridized carbons (Fsp3) is 0.241. The molecule has 4 rings (SSSR count). The topological polar surface area (TPSA) is 111 Å². The number of aryl methyl sites for hydroxylation is 1. The van der Waals surface area contributed by atoms with Crippen molar-refractivity contribution in [1.82, 2.24) is 5.32 Å². The lowest BCUT2D eigenvalue weighted by atomic mass is 9.89. The number of carbonyl (C=O) groups is 3. The standard InChI is InChI=1S/C29H29ClN4O4/c1-18(35)34(15-14-31-2)23-10-8-22(9-11-23)32-28(20-5-3-4-19(16-20)6-13-26(36)37)27-24-12-7-21(30)17-25(24)33-29(27)38/h3-5,7-12,16-17,27,31H,6,13-15H2,1-2H3,(H,33,38)(H,36,37). The molecule has 0 saturated heterocycles. The first-order valence-electron chi connectivity index (χ1n) is 12.3. The van der Waals surface area contributed by atoms with Crippen LogP contribution >= 0.6 is 11.6 Å². The summed E-state index contributed by atoms with van der Waals surface area (Å²) in [5.74, 6) is -1.84. The molecule has 0 saturated carbocycles. The van der Waals surface area contributed by atoms with Gasteiger partial charge < -0.3 is 20.6 Å². The van der Waals surface area contributed by atoms with E-state index in [-0.39, 0.29) is 18.2 Å². The van der Waals surface area contributed by atoms with Gasteiger partial charge in [-0.05, 0) is 72.6 Å². The fourth-order valence-corrected chi connectivity index (χ4v) is 4.65. The first-order valence-corrected chi connectivity index (χ1v) is 12.7. The van der Waals surface area contributed by atoms with E-state index in [9.17, 15) is 14.4 Å². The molecule has 1 heterocycles. The second-order valence-electron chi connectivity index (χ2n) is 9.04. The van der Waals surface area contributed by atoms with Crippen LogP contribution in [0, 0.1) is 0 Å². The highest BCUT2D eigenvalue weighted by Gasteiger charge is 2.35. The van der Waals surface area contributed by atoms with Crippen LogP contribution in [0.4, 0.5) is 17.1 Å². The van der Waals surface area contributed by atoms with Gasteiger partial charge in [-0.1, -0.05) is 35.9 Å². The average molecular weight is 533 g/mol. The monoisotopic (exact) mass is 532 g/mol. The Morgan fingerprint density at radius 1 is 1.11 bits per heavy atom. The number of carboxylic acid groups (broad SMARTS) is 1. The third-order valence-electron chi connectivity index (χ3n) is 6.35. The Labute approximate surface area is 226 Å². The van der Waals surface area contributed by atoms with E-state index in [1.54, 1.807) is 17.0 Å². The summed E-state index contributed by atoms with van der Waals surface area (Å²) in [6.45, 7) is 2.71. The number of carboxylic acids is 1. The zero-order valence-electron chi connectivity index (χ0n) is 21.2. The predicted molar refractivity (Wildman–Crippen MR) is 150 cm³/mol. The van der Waals surface area contributed by atoms with Crippen molar-refractivity contribution >= 4 is 52.2 Å². The van der Waals surface area contributed by atoms with Gasteiger partial charge in [0.15, 0.2) is 0 Å². The predicted octanol–water partition coefficient (Wildman–Crippen LogP) is 4.79. The van der Waals surface area contributed by atoms with Gasteiger partial charge in [0.2, 0.25) is 11.8 Å². The molecule has 3 N–H and O–H groups in total. The van der Waals surface area contributed by atoms with Gasteiger partial charge in [0.05, 0.1) is 11.4 Å². The molecule has 196 valence electrons. The number of benzene rings is 3. The minimum Gasteiger partial charge on any atom is -0.481 e. The Morgan fingerprint density at radius 2 is 1.87 bits per heavy atom. The number of carbonyl (C=O) groups excluding carboxylic acids is 2. The van der Waals surface area contributed by atoms with Crippen LogP contribution in [0.15, 0.2) is 71.7 Å². The Morgan fingerprint density at radius 3 is 2.55 bits per heavy atom. The van der Waals surface area contributed by atoms with Crippen LogP contribution in [0.2, 0.25) is 5.02 Å². The van der Waals surface area contributed by atoms with E-state index < -0.39 is 11.9 Å². The molecule has 1 aliphatic heterocycles. The molecular formula is C29H29ClN4O4. The third-order valence-corrected chi connectivity index (χ3v) is 6.58. The Kier molecular flexibility index (Phi) is 8.55. The van der Waals surface area contributed by atoms with Crippen LogP contribution in [0.5, 0.6) is 0 Å². The second kappa shape index (κ2) is 12.0. The largest absolute Gasteiger partial charge is 0.481 e. The van der Waals surface area contributed by atoms with Gasteiger partial charge in [-0.3, -0.25) is 19.4 Å². The number of anilines is 2. The number of halogens is 1. The number of amides is 2. The molecule has 0 bridgehead atoms. The van der Waals surface area contributed by atoms with Crippen molar-refractivity contribution in [2.75, 3.05) is 30.4 Å². The average Bonchev–Trinajstić information content (AvgIpc) is 3.21. The molecule has 1 atom stereocenters. The summed E-state index contributed by atoms with van der Waals surface area (Å²) in [7, 11) is 1.83. The number of likely N-dealkylation sites (N-methyl/N-ethyl adjacent to an activating group) is 1. The van der Waals surface area contributed by atoms with Crippen LogP contribution in [0.3, 0.4) is 0 Å². The summed E-state index contributed by atoms with van der Waals surface area (Å²) in [6, 6.07) is 20.0. The zero-order valence-corrected chi connectivity index (χ0v) is 22.0. The van der Waals surface area contributed by atoms with Crippen molar-refractivity contribution in [3.05, 3.63) is 88.4 Å². The number of nitrogens with one attached hydrogen (secondary N) is 2. The number of aliphatic imine (C=N–C) groups is 1. The van der Waals surface area contributed by atoms with Gasteiger partial charge in [-0.15, -0.1) is 0 Å². The number of hydrogen-bond donors (Lipinski definition) is 3. The zero-order chi connectivity index (χ0) is 27.2. The van der Waals surface area contributed by atoms with E-state index >= 15 is 0 Å². The van der Waals surface area contributed by atoms with Gasteiger partial charge in [-0.2, -0.15) is 0 Å². The number of nitrogens with zero attached hydrogens (tertiary/aromatic N) is 2. The normalized spacial score (nSPS) is 14.7. The number of aliphatic carboxylic acids is 1. The maximum Gasteiger partial charge on any atom is 0.303 e. The summed E-state index contributed by atoms with van der Waals surface area (Å²) in [4.78, 5) is 43.1. The minimum atomic E-state index is -0.875. The molecule has 0 fully saturated rings. The van der Waals surface area contributed by atoms with Crippen molar-refractivity contribution < 1.29 is 19.5 Å². The number of fused-ring (bicyclic) bond motifs is 1. The van der Waals surface area contributed by atoms with Crippen LogP contribution in [0.1, 0.15) is 36.0 Å². The summed E-state index contributed by atoms with van der Waals surface area (Å²) in [6.07, 6.45) is 0.366. The molecule has 0 aliphatic carbocycles. The number of rotatable bonds is 10. The Bertz CT molecular complexity index is 1390. The first-order chi connectivity index (χ1) is 18.3. The molecule has 3 aromatic rings. The van der Waals surface area contributed by atoms with Crippen LogP contribution in [0.25, 0.3) is 0 Å². The summed E-state index contributed by atoms with van der Waals surface area (Å²) >= 11 is 6.16. The van der Waals surface area contributed by atoms with Gasteiger partial charge in [0.1, 0.15) is 5.92 Å². The van der Waals surface area contributed by atoms with Crippen LogP contribution in [-0.2, 0) is 20.8 Å². The summed E-state index contributed by atoms with van der Waals surface area (Å²) in [5.41, 5.74) is 4.87. The molecule has 38 heavy (non-hydrogen) atoms.